The van der Waals surface area contributed by atoms with Gasteiger partial charge in [0.05, 0.1) is 16.8 Å². The minimum atomic E-state index is -0.334. The van der Waals surface area contributed by atoms with Crippen LogP contribution in [0, 0.1) is 24.3 Å². The fourth-order valence-electron chi connectivity index (χ4n) is 2.95. The lowest BCUT2D eigenvalue weighted by Crippen LogP contribution is -2.18. The van der Waals surface area contributed by atoms with E-state index in [1.165, 1.54) is 9.13 Å². The maximum absolute atomic E-state index is 12.2. The van der Waals surface area contributed by atoms with Gasteiger partial charge in [-0.15, -0.1) is 0 Å². The zero-order valence-corrected chi connectivity index (χ0v) is 18.2. The highest BCUT2D eigenvalue weighted by Crippen LogP contribution is 2.22. The van der Waals surface area contributed by atoms with Crippen LogP contribution in [0.1, 0.15) is 32.9 Å². The Morgan fingerprint density at radius 3 is 2.59 bits per heavy atom. The van der Waals surface area contributed by atoms with Crippen LogP contribution in [0.25, 0.3) is 5.69 Å². The molecule has 0 saturated carbocycles. The lowest BCUT2D eigenvalue weighted by Gasteiger charge is -2.11. The third kappa shape index (κ3) is 4.25. The molecule has 0 fully saturated rings. The van der Waals surface area contributed by atoms with Gasteiger partial charge in [0.2, 0.25) is 0 Å². The van der Waals surface area contributed by atoms with Gasteiger partial charge in [-0.25, -0.2) is 5.43 Å². The fraction of sp³-hybridized carbons (Fsp3) is 0.143. The maximum atomic E-state index is 12.2. The molecular weight excluding hydrogens is 473 g/mol. The molecule has 0 aliphatic rings. The van der Waals surface area contributed by atoms with E-state index in [0.717, 1.165) is 22.6 Å². The van der Waals surface area contributed by atoms with Crippen molar-refractivity contribution in [2.24, 2.45) is 5.10 Å². The molecule has 0 aliphatic heterocycles. The van der Waals surface area contributed by atoms with Gasteiger partial charge in [0, 0.05) is 26.2 Å². The van der Waals surface area contributed by atoms with E-state index in [4.69, 9.17) is 11.6 Å². The minimum absolute atomic E-state index is 0.334. The largest absolute Gasteiger partial charge is 0.318 e. The molecule has 0 bridgehead atoms. The second-order valence-electron chi connectivity index (χ2n) is 6.27. The van der Waals surface area contributed by atoms with E-state index >= 15 is 0 Å². The summed E-state index contributed by atoms with van der Waals surface area (Å²) in [7, 11) is 0. The number of nitrogens with zero attached hydrogens (tertiary/aromatic N) is 2. The predicted molar refractivity (Wildman–Crippen MR) is 119 cm³/mol. The Balaban J connectivity index is 1.82. The zero-order valence-electron chi connectivity index (χ0n) is 15.3. The van der Waals surface area contributed by atoms with Crippen LogP contribution in [0.15, 0.2) is 53.6 Å². The van der Waals surface area contributed by atoms with Gasteiger partial charge in [-0.3, -0.25) is 4.79 Å². The molecule has 0 radical (unpaired) electrons. The molecule has 3 aromatic rings. The highest BCUT2D eigenvalue weighted by molar-refractivity contribution is 14.1. The lowest BCUT2D eigenvalue weighted by molar-refractivity contribution is 0.0955. The van der Waals surface area contributed by atoms with Crippen molar-refractivity contribution in [3.8, 4) is 5.69 Å². The molecule has 0 atom stereocenters. The van der Waals surface area contributed by atoms with E-state index in [-0.39, 0.29) is 5.91 Å². The Labute approximate surface area is 177 Å². The normalized spacial score (nSPS) is 11.1. The number of amides is 1. The number of carbonyl (C=O) groups is 1. The van der Waals surface area contributed by atoms with Crippen molar-refractivity contribution in [2.75, 3.05) is 0 Å². The number of hydrazone groups is 1. The molecule has 1 aromatic heterocycles. The maximum Gasteiger partial charge on any atom is 0.272 e. The number of aryl methyl sites for hydroxylation is 2. The van der Waals surface area contributed by atoms with Crippen LogP contribution in [0.2, 0.25) is 5.02 Å². The van der Waals surface area contributed by atoms with Crippen LogP contribution in [-0.4, -0.2) is 16.7 Å². The number of hydrogen-bond donors (Lipinski definition) is 1. The first-order chi connectivity index (χ1) is 12.9. The Kier molecular flexibility index (Phi) is 6.01. The topological polar surface area (TPSA) is 46.4 Å². The van der Waals surface area contributed by atoms with Gasteiger partial charge < -0.3 is 4.57 Å². The molecule has 138 valence electrons. The molecule has 4 nitrogen and oxygen atoms in total. The van der Waals surface area contributed by atoms with Crippen molar-refractivity contribution in [1.29, 1.82) is 0 Å². The SMILES string of the molecule is Cc1cc(-n2c(C)cc(/C=N\NC(=O)c3ccccc3Cl)c2C)ccc1I. The molecule has 0 spiro atoms. The Morgan fingerprint density at radius 1 is 1.15 bits per heavy atom. The second-order valence-corrected chi connectivity index (χ2v) is 7.84. The van der Waals surface area contributed by atoms with Crippen molar-refractivity contribution in [3.63, 3.8) is 0 Å². The van der Waals surface area contributed by atoms with Crippen LogP contribution >= 0.6 is 34.2 Å². The molecule has 0 aliphatic carbocycles. The van der Waals surface area contributed by atoms with E-state index in [2.05, 4.69) is 69.7 Å². The first kappa shape index (κ1) is 19.6. The van der Waals surface area contributed by atoms with E-state index in [1.54, 1.807) is 30.5 Å². The van der Waals surface area contributed by atoms with E-state index in [9.17, 15) is 4.79 Å². The quantitative estimate of drug-likeness (QED) is 0.295. The Morgan fingerprint density at radius 2 is 1.89 bits per heavy atom. The average molecular weight is 492 g/mol. The number of rotatable bonds is 4. The third-order valence-corrected chi connectivity index (χ3v) is 5.90. The molecule has 1 amide bonds. The number of benzene rings is 2. The van der Waals surface area contributed by atoms with Crippen molar-refractivity contribution in [3.05, 3.63) is 85.2 Å². The van der Waals surface area contributed by atoms with Crippen molar-refractivity contribution >= 4 is 46.3 Å². The number of hydrogen-bond acceptors (Lipinski definition) is 2. The number of nitrogens with one attached hydrogen (secondary N) is 1. The van der Waals surface area contributed by atoms with Gasteiger partial charge in [0.1, 0.15) is 0 Å². The minimum Gasteiger partial charge on any atom is -0.318 e. The van der Waals surface area contributed by atoms with Gasteiger partial charge in [-0.2, -0.15) is 5.10 Å². The van der Waals surface area contributed by atoms with Crippen molar-refractivity contribution in [1.82, 2.24) is 9.99 Å². The Hall–Kier alpha value is -2.12. The lowest BCUT2D eigenvalue weighted by atomic mass is 10.2. The summed E-state index contributed by atoms with van der Waals surface area (Å²) in [5, 5.41) is 4.50. The first-order valence-electron chi connectivity index (χ1n) is 8.42. The van der Waals surface area contributed by atoms with E-state index in [0.29, 0.717) is 10.6 Å². The van der Waals surface area contributed by atoms with Crippen LogP contribution in [0.5, 0.6) is 0 Å². The molecule has 0 saturated heterocycles. The molecule has 6 heteroatoms. The van der Waals surface area contributed by atoms with E-state index in [1.807, 2.05) is 13.0 Å². The summed E-state index contributed by atoms with van der Waals surface area (Å²) in [6.07, 6.45) is 1.66. The summed E-state index contributed by atoms with van der Waals surface area (Å²) in [4.78, 5) is 12.2. The fourth-order valence-corrected chi connectivity index (χ4v) is 3.51. The van der Waals surface area contributed by atoms with Crippen molar-refractivity contribution < 1.29 is 4.79 Å². The van der Waals surface area contributed by atoms with Crippen LogP contribution in [0.3, 0.4) is 0 Å². The molecule has 1 N–H and O–H groups in total. The predicted octanol–water partition coefficient (Wildman–Crippen LogP) is 5.42. The molecule has 27 heavy (non-hydrogen) atoms. The van der Waals surface area contributed by atoms with Crippen LogP contribution < -0.4 is 5.43 Å². The average Bonchev–Trinajstić information content (AvgIpc) is 2.91. The van der Waals surface area contributed by atoms with Gasteiger partial charge in [-0.05, 0) is 85.3 Å². The molecule has 3 rings (SSSR count). The van der Waals surface area contributed by atoms with Crippen LogP contribution in [-0.2, 0) is 0 Å². The van der Waals surface area contributed by atoms with Gasteiger partial charge in [-0.1, -0.05) is 23.7 Å². The summed E-state index contributed by atoms with van der Waals surface area (Å²) in [5.74, 6) is -0.334. The molecule has 1 heterocycles. The smallest absolute Gasteiger partial charge is 0.272 e. The summed E-state index contributed by atoms with van der Waals surface area (Å²) in [6.45, 7) is 6.20. The van der Waals surface area contributed by atoms with Gasteiger partial charge in [0.15, 0.2) is 0 Å². The van der Waals surface area contributed by atoms with E-state index < -0.39 is 0 Å². The molecular formula is C21H19ClIN3O. The third-order valence-electron chi connectivity index (χ3n) is 4.36. The molecule has 0 unspecified atom stereocenters. The number of aromatic nitrogens is 1. The van der Waals surface area contributed by atoms with Crippen molar-refractivity contribution in [2.45, 2.75) is 20.8 Å². The Bertz CT molecular complexity index is 1040. The second kappa shape index (κ2) is 8.27. The summed E-state index contributed by atoms with van der Waals surface area (Å²) in [5.41, 5.74) is 8.40. The highest BCUT2D eigenvalue weighted by Gasteiger charge is 2.11. The summed E-state index contributed by atoms with van der Waals surface area (Å²) in [6, 6.07) is 15.3. The van der Waals surface area contributed by atoms with Gasteiger partial charge >= 0.3 is 0 Å². The zero-order chi connectivity index (χ0) is 19.6. The monoisotopic (exact) mass is 491 g/mol. The standard InChI is InChI=1S/C21H19ClIN3O/c1-13-10-17(8-9-20(13)23)26-14(2)11-16(15(26)3)12-24-25-21(27)18-6-4-5-7-19(18)22/h4-12H,1-3H3,(H,25,27)/b24-12-. The summed E-state index contributed by atoms with van der Waals surface area (Å²) < 4.78 is 3.42. The van der Waals surface area contributed by atoms with Crippen LogP contribution in [0.4, 0.5) is 0 Å². The number of carbonyl (C=O) groups excluding carboxylic acids is 1. The first-order valence-corrected chi connectivity index (χ1v) is 9.87. The van der Waals surface area contributed by atoms with Gasteiger partial charge in [0.25, 0.3) is 5.91 Å². The molecule has 2 aromatic carbocycles. The number of halogens is 2. The summed E-state index contributed by atoms with van der Waals surface area (Å²) >= 11 is 8.37. The highest BCUT2D eigenvalue weighted by atomic mass is 127.